The maximum absolute atomic E-state index is 10.5. The van der Waals surface area contributed by atoms with Gasteiger partial charge in [0.15, 0.2) is 0 Å². The first-order chi connectivity index (χ1) is 6.22. The summed E-state index contributed by atoms with van der Waals surface area (Å²) in [5, 5.41) is 5.78. The van der Waals surface area contributed by atoms with Gasteiger partial charge in [-0.05, 0) is 5.92 Å². The van der Waals surface area contributed by atoms with E-state index in [2.05, 4.69) is 5.10 Å². The molecule has 0 aromatic rings. The fourth-order valence-electron chi connectivity index (χ4n) is 0.945. The van der Waals surface area contributed by atoms with Gasteiger partial charge in [-0.25, -0.2) is 0 Å². The van der Waals surface area contributed by atoms with E-state index >= 15 is 0 Å². The van der Waals surface area contributed by atoms with Crippen LogP contribution in [0.4, 0.5) is 0 Å². The molecule has 0 atom stereocenters. The molecule has 0 spiro atoms. The molecule has 0 saturated heterocycles. The second-order valence-corrected chi connectivity index (χ2v) is 5.20. The number of nitrogens with zero attached hydrogens (tertiary/aromatic N) is 2. The van der Waals surface area contributed by atoms with E-state index in [-0.39, 0.29) is 18.1 Å². The van der Waals surface area contributed by atoms with E-state index in [1.165, 1.54) is 0 Å². The van der Waals surface area contributed by atoms with Gasteiger partial charge in [-0.3, -0.25) is 4.55 Å². The smallest absolute Gasteiger partial charge is 0.265 e. The van der Waals surface area contributed by atoms with Crippen molar-refractivity contribution in [2.45, 2.75) is 20.3 Å². The Morgan fingerprint density at radius 1 is 1.43 bits per heavy atom. The van der Waals surface area contributed by atoms with Gasteiger partial charge < -0.3 is 5.01 Å². The van der Waals surface area contributed by atoms with Crippen LogP contribution in [0.3, 0.4) is 0 Å². The summed E-state index contributed by atoms with van der Waals surface area (Å²) in [5.74, 6) is -0.0863. The molecular weight excluding hydrogens is 204 g/mol. The van der Waals surface area contributed by atoms with Crippen LogP contribution >= 0.6 is 0 Å². The SMILES string of the molecule is CC(C)C(CCS(=O)(=O)O)=NN(C)C. The zero-order valence-corrected chi connectivity index (χ0v) is 9.87. The second kappa shape index (κ2) is 5.31. The molecule has 0 fully saturated rings. The quantitative estimate of drug-likeness (QED) is 0.425. The van der Waals surface area contributed by atoms with Crippen molar-refractivity contribution in [2.75, 3.05) is 19.8 Å². The Balaban J connectivity index is 4.41. The minimum Gasteiger partial charge on any atom is -0.303 e. The summed E-state index contributed by atoms with van der Waals surface area (Å²) in [6, 6.07) is 0. The first kappa shape index (κ1) is 13.4. The standard InChI is InChI=1S/C8H18N2O3S/c1-7(2)8(9-10(3)4)5-6-14(11,12)13/h7H,5-6H2,1-4H3,(H,11,12,13). The largest absolute Gasteiger partial charge is 0.303 e. The fourth-order valence-corrected chi connectivity index (χ4v) is 1.41. The summed E-state index contributed by atoms with van der Waals surface area (Å²) in [5.41, 5.74) is 0.771. The van der Waals surface area contributed by atoms with Crippen LogP contribution in [0.5, 0.6) is 0 Å². The summed E-state index contributed by atoms with van der Waals surface area (Å²) < 4.78 is 29.6. The number of rotatable bonds is 5. The molecule has 0 aromatic carbocycles. The van der Waals surface area contributed by atoms with Crippen LogP contribution in [-0.4, -0.2) is 43.5 Å². The highest BCUT2D eigenvalue weighted by Gasteiger charge is 2.11. The van der Waals surface area contributed by atoms with Crippen LogP contribution in [0.25, 0.3) is 0 Å². The van der Waals surface area contributed by atoms with Crippen molar-refractivity contribution < 1.29 is 13.0 Å². The third kappa shape index (κ3) is 6.85. The molecule has 14 heavy (non-hydrogen) atoms. The Kier molecular flexibility index (Phi) is 5.07. The van der Waals surface area contributed by atoms with Crippen molar-refractivity contribution in [1.29, 1.82) is 0 Å². The summed E-state index contributed by atoms with van der Waals surface area (Å²) in [4.78, 5) is 0. The van der Waals surface area contributed by atoms with E-state index < -0.39 is 10.1 Å². The topological polar surface area (TPSA) is 70.0 Å². The molecule has 0 amide bonds. The molecule has 0 aliphatic carbocycles. The van der Waals surface area contributed by atoms with Crippen LogP contribution in [0.1, 0.15) is 20.3 Å². The zero-order chi connectivity index (χ0) is 11.4. The van der Waals surface area contributed by atoms with Gasteiger partial charge in [0.05, 0.1) is 5.75 Å². The normalized spacial score (nSPS) is 13.4. The van der Waals surface area contributed by atoms with Crippen LogP contribution in [0.15, 0.2) is 5.10 Å². The third-order valence-electron chi connectivity index (χ3n) is 1.61. The highest BCUT2D eigenvalue weighted by molar-refractivity contribution is 7.85. The predicted molar refractivity (Wildman–Crippen MR) is 57.0 cm³/mol. The number of hydrogen-bond donors (Lipinski definition) is 1. The van der Waals surface area contributed by atoms with Crippen molar-refractivity contribution in [2.24, 2.45) is 11.0 Å². The van der Waals surface area contributed by atoms with Crippen LogP contribution in [0, 0.1) is 5.92 Å². The van der Waals surface area contributed by atoms with Gasteiger partial charge in [-0.1, -0.05) is 13.8 Å². The van der Waals surface area contributed by atoms with Crippen molar-refractivity contribution in [3.63, 3.8) is 0 Å². The maximum Gasteiger partial charge on any atom is 0.265 e. The van der Waals surface area contributed by atoms with Gasteiger partial charge in [0.2, 0.25) is 0 Å². The monoisotopic (exact) mass is 222 g/mol. The summed E-state index contributed by atoms with van der Waals surface area (Å²) in [7, 11) is -0.341. The van der Waals surface area contributed by atoms with Crippen LogP contribution in [-0.2, 0) is 10.1 Å². The van der Waals surface area contributed by atoms with Gasteiger partial charge >= 0.3 is 0 Å². The van der Waals surface area contributed by atoms with Gasteiger partial charge in [0.25, 0.3) is 10.1 Å². The Hall–Kier alpha value is -0.620. The molecule has 0 bridgehead atoms. The molecule has 84 valence electrons. The third-order valence-corrected chi connectivity index (χ3v) is 2.33. The lowest BCUT2D eigenvalue weighted by Crippen LogP contribution is -2.18. The van der Waals surface area contributed by atoms with Crippen LogP contribution < -0.4 is 0 Å². The molecule has 0 aromatic heterocycles. The molecule has 0 heterocycles. The molecule has 0 aliphatic rings. The molecule has 0 rings (SSSR count). The van der Waals surface area contributed by atoms with E-state index in [1.807, 2.05) is 13.8 Å². The molecule has 0 unspecified atom stereocenters. The van der Waals surface area contributed by atoms with Crippen molar-refractivity contribution >= 4 is 15.8 Å². The van der Waals surface area contributed by atoms with E-state index in [0.29, 0.717) is 0 Å². The van der Waals surface area contributed by atoms with Crippen molar-refractivity contribution in [3.05, 3.63) is 0 Å². The maximum atomic E-state index is 10.5. The van der Waals surface area contributed by atoms with E-state index in [0.717, 1.165) is 5.71 Å². The van der Waals surface area contributed by atoms with Crippen molar-refractivity contribution in [1.82, 2.24) is 5.01 Å². The second-order valence-electron chi connectivity index (χ2n) is 3.63. The van der Waals surface area contributed by atoms with Gasteiger partial charge in [0, 0.05) is 26.2 Å². The molecule has 0 saturated carbocycles. The first-order valence-corrected chi connectivity index (χ1v) is 6.03. The molecule has 6 heteroatoms. The zero-order valence-electron chi connectivity index (χ0n) is 9.06. The van der Waals surface area contributed by atoms with E-state index in [4.69, 9.17) is 4.55 Å². The predicted octanol–water partition coefficient (Wildman–Crippen LogP) is 0.838. The molecular formula is C8H18N2O3S. The average Bonchev–Trinajstić information content (AvgIpc) is 1.94. The number of hydrazone groups is 1. The van der Waals surface area contributed by atoms with E-state index in [9.17, 15) is 8.42 Å². The Bertz CT molecular complexity index is 294. The lowest BCUT2D eigenvalue weighted by atomic mass is 10.1. The van der Waals surface area contributed by atoms with Crippen LogP contribution in [0.2, 0.25) is 0 Å². The Morgan fingerprint density at radius 3 is 2.21 bits per heavy atom. The number of hydrogen-bond acceptors (Lipinski definition) is 4. The lowest BCUT2D eigenvalue weighted by Gasteiger charge is -2.13. The van der Waals surface area contributed by atoms with Gasteiger partial charge in [0.1, 0.15) is 0 Å². The molecule has 0 aliphatic heterocycles. The van der Waals surface area contributed by atoms with Gasteiger partial charge in [-0.15, -0.1) is 0 Å². The molecule has 5 nitrogen and oxygen atoms in total. The highest BCUT2D eigenvalue weighted by Crippen LogP contribution is 2.04. The first-order valence-electron chi connectivity index (χ1n) is 4.42. The summed E-state index contributed by atoms with van der Waals surface area (Å²) >= 11 is 0. The molecule has 1 N–H and O–H groups in total. The van der Waals surface area contributed by atoms with Gasteiger partial charge in [-0.2, -0.15) is 13.5 Å². The lowest BCUT2D eigenvalue weighted by molar-refractivity contribution is 0.431. The van der Waals surface area contributed by atoms with Crippen molar-refractivity contribution in [3.8, 4) is 0 Å². The minimum atomic E-state index is -3.89. The Labute approximate surface area is 85.5 Å². The average molecular weight is 222 g/mol. The Morgan fingerprint density at radius 2 is 1.93 bits per heavy atom. The highest BCUT2D eigenvalue weighted by atomic mass is 32.2. The minimum absolute atomic E-state index is 0.180. The summed E-state index contributed by atoms with van der Waals surface area (Å²) in [6.07, 6.45) is 0.272. The summed E-state index contributed by atoms with van der Waals surface area (Å²) in [6.45, 7) is 3.87. The molecule has 0 radical (unpaired) electrons. The fraction of sp³-hybridized carbons (Fsp3) is 0.875. The van der Waals surface area contributed by atoms with E-state index in [1.54, 1.807) is 19.1 Å².